The Hall–Kier alpha value is -1.18. The molecule has 0 aromatic carbocycles. The van der Waals surface area contributed by atoms with Crippen LogP contribution >= 0.6 is 0 Å². The van der Waals surface area contributed by atoms with Crippen molar-refractivity contribution >= 4 is 6.21 Å². The van der Waals surface area contributed by atoms with Crippen molar-refractivity contribution in [3.05, 3.63) is 35.8 Å². The summed E-state index contributed by atoms with van der Waals surface area (Å²) in [7, 11) is 0. The van der Waals surface area contributed by atoms with Gasteiger partial charge in [-0.2, -0.15) is 0 Å². The van der Waals surface area contributed by atoms with Gasteiger partial charge in [0.25, 0.3) is 0 Å². The van der Waals surface area contributed by atoms with E-state index in [1.54, 1.807) is 6.08 Å². The molecule has 0 saturated heterocycles. The zero-order valence-electron chi connectivity index (χ0n) is 8.70. The Bertz CT molecular complexity index is 297. The van der Waals surface area contributed by atoms with E-state index in [9.17, 15) is 4.39 Å². The van der Waals surface area contributed by atoms with Crippen molar-refractivity contribution in [1.29, 1.82) is 0 Å². The predicted octanol–water partition coefficient (Wildman–Crippen LogP) is 3.80. The number of nitrogens with zero attached hydrogens (tertiary/aromatic N) is 1. The van der Waals surface area contributed by atoms with Gasteiger partial charge < -0.3 is 0 Å². The molecule has 0 fully saturated rings. The molecule has 1 aliphatic heterocycles. The molecule has 76 valence electrons. The van der Waals surface area contributed by atoms with Crippen LogP contribution in [0.1, 0.15) is 26.7 Å². The summed E-state index contributed by atoms with van der Waals surface area (Å²) in [5, 5.41) is 0. The fourth-order valence-corrected chi connectivity index (χ4v) is 1.28. The molecule has 0 amide bonds. The zero-order chi connectivity index (χ0) is 10.4. The van der Waals surface area contributed by atoms with Crippen molar-refractivity contribution in [3.8, 4) is 0 Å². The molecule has 0 N–H and O–H groups in total. The highest BCUT2D eigenvalue weighted by Gasteiger charge is 2.03. The van der Waals surface area contributed by atoms with E-state index < -0.39 is 0 Å². The van der Waals surface area contributed by atoms with Gasteiger partial charge in [0.05, 0.1) is 6.21 Å². The van der Waals surface area contributed by atoms with Gasteiger partial charge >= 0.3 is 0 Å². The van der Waals surface area contributed by atoms with Gasteiger partial charge in [-0.05, 0) is 25.8 Å². The van der Waals surface area contributed by atoms with Crippen LogP contribution in [0.25, 0.3) is 0 Å². The molecule has 0 aromatic rings. The van der Waals surface area contributed by atoms with E-state index in [-0.39, 0.29) is 11.7 Å². The van der Waals surface area contributed by atoms with Gasteiger partial charge in [0.15, 0.2) is 0 Å². The third-order valence-corrected chi connectivity index (χ3v) is 2.07. The molecule has 1 unspecified atom stereocenters. The lowest BCUT2D eigenvalue weighted by Crippen LogP contribution is -1.95. The first kappa shape index (κ1) is 10.9. The molecule has 0 bridgehead atoms. The summed E-state index contributed by atoms with van der Waals surface area (Å²) in [6, 6.07) is 0. The molecule has 1 rings (SSSR count). The Labute approximate surface area is 84.7 Å². The fourth-order valence-electron chi connectivity index (χ4n) is 1.28. The van der Waals surface area contributed by atoms with Gasteiger partial charge in [-0.1, -0.05) is 25.2 Å². The van der Waals surface area contributed by atoms with E-state index in [1.807, 2.05) is 19.1 Å². The molecule has 1 nitrogen and oxygen atoms in total. The minimum atomic E-state index is -0.247. The number of aliphatic imine (C=N–C) groups is 1. The van der Waals surface area contributed by atoms with Crippen LogP contribution in [0.4, 0.5) is 4.39 Å². The van der Waals surface area contributed by atoms with E-state index in [1.165, 1.54) is 6.21 Å². The highest BCUT2D eigenvalue weighted by molar-refractivity contribution is 5.76. The Morgan fingerprint density at radius 3 is 3.14 bits per heavy atom. The molecule has 0 aliphatic carbocycles. The summed E-state index contributed by atoms with van der Waals surface area (Å²) in [5.41, 5.74) is 0.878. The molecule has 0 aromatic heterocycles. The van der Waals surface area contributed by atoms with Crippen molar-refractivity contribution in [2.75, 3.05) is 0 Å². The highest BCUT2D eigenvalue weighted by atomic mass is 19.1. The predicted molar refractivity (Wildman–Crippen MR) is 59.0 cm³/mol. The number of allylic oxidation sites excluding steroid dienone is 6. The summed E-state index contributed by atoms with van der Waals surface area (Å²) < 4.78 is 13.1. The third kappa shape index (κ3) is 3.69. The molecule has 0 radical (unpaired) electrons. The van der Waals surface area contributed by atoms with Crippen LogP contribution in [0.3, 0.4) is 0 Å². The Balaban J connectivity index is 2.78. The number of hydrogen-bond acceptors (Lipinski definition) is 1. The Morgan fingerprint density at radius 1 is 1.64 bits per heavy atom. The van der Waals surface area contributed by atoms with Crippen LogP contribution in [-0.4, -0.2) is 6.21 Å². The number of halogens is 1. The lowest BCUT2D eigenvalue weighted by molar-refractivity contribution is 0.661. The van der Waals surface area contributed by atoms with Crippen molar-refractivity contribution in [2.24, 2.45) is 10.9 Å². The molecule has 2 heteroatoms. The molecular formula is C12H16FN. The number of hydrogen-bond donors (Lipinski definition) is 0. The van der Waals surface area contributed by atoms with Crippen LogP contribution in [0.5, 0.6) is 0 Å². The van der Waals surface area contributed by atoms with Crippen LogP contribution in [0.2, 0.25) is 0 Å². The van der Waals surface area contributed by atoms with Gasteiger partial charge in [0, 0.05) is 11.6 Å². The van der Waals surface area contributed by atoms with E-state index in [2.05, 4.69) is 18.0 Å². The number of rotatable bonds is 2. The van der Waals surface area contributed by atoms with Crippen molar-refractivity contribution in [2.45, 2.75) is 26.7 Å². The van der Waals surface area contributed by atoms with Crippen LogP contribution in [0, 0.1) is 5.92 Å². The lowest BCUT2D eigenvalue weighted by Gasteiger charge is -2.06. The molecule has 1 atom stereocenters. The van der Waals surface area contributed by atoms with Gasteiger partial charge in [-0.25, -0.2) is 4.39 Å². The summed E-state index contributed by atoms with van der Waals surface area (Å²) in [6.45, 7) is 3.96. The smallest absolute Gasteiger partial charge is 0.138 e. The first-order valence-corrected chi connectivity index (χ1v) is 4.97. The van der Waals surface area contributed by atoms with Gasteiger partial charge in [-0.15, -0.1) is 0 Å². The highest BCUT2D eigenvalue weighted by Crippen LogP contribution is 2.16. The van der Waals surface area contributed by atoms with Crippen LogP contribution < -0.4 is 0 Å². The first-order chi connectivity index (χ1) is 6.72. The molecule has 1 aliphatic rings. The van der Waals surface area contributed by atoms with E-state index in [0.29, 0.717) is 0 Å². The molecule has 0 saturated carbocycles. The minimum absolute atomic E-state index is 0.164. The molecule has 14 heavy (non-hydrogen) atoms. The first-order valence-electron chi connectivity index (χ1n) is 4.97. The summed E-state index contributed by atoms with van der Waals surface area (Å²) >= 11 is 0. The summed E-state index contributed by atoms with van der Waals surface area (Å²) in [4.78, 5) is 3.95. The second-order valence-electron chi connectivity index (χ2n) is 3.39. The Morgan fingerprint density at radius 2 is 2.43 bits per heavy atom. The Kier molecular flexibility index (Phi) is 4.30. The van der Waals surface area contributed by atoms with Crippen LogP contribution in [0.15, 0.2) is 40.8 Å². The quantitative estimate of drug-likeness (QED) is 0.591. The molecule has 0 spiro atoms. The second kappa shape index (κ2) is 5.53. The normalized spacial score (nSPS) is 32.6. The maximum absolute atomic E-state index is 13.1. The average Bonchev–Trinajstić information content (AvgIpc) is 2.16. The third-order valence-electron chi connectivity index (χ3n) is 2.07. The van der Waals surface area contributed by atoms with Gasteiger partial charge in [0.2, 0.25) is 0 Å². The SMILES string of the molecule is CCC=CC1/C=C(F)/C=N\C(C)=C/C1. The standard InChI is InChI=1S/C12H16FN/c1-3-4-5-11-7-6-10(2)14-9-12(13)8-11/h4-6,8-9,11H,3,7H2,1-2H3/b5-4?,10-6-,12-8-,14-9-. The largest absolute Gasteiger partial charge is 0.259 e. The summed E-state index contributed by atoms with van der Waals surface area (Å²) in [5.74, 6) is -0.0835. The zero-order valence-corrected chi connectivity index (χ0v) is 8.70. The monoisotopic (exact) mass is 193 g/mol. The van der Waals surface area contributed by atoms with E-state index >= 15 is 0 Å². The van der Waals surface area contributed by atoms with Crippen molar-refractivity contribution in [1.82, 2.24) is 0 Å². The topological polar surface area (TPSA) is 12.4 Å². The van der Waals surface area contributed by atoms with Gasteiger partial charge in [0.1, 0.15) is 5.83 Å². The fraction of sp³-hybridized carbons (Fsp3) is 0.417. The van der Waals surface area contributed by atoms with Crippen molar-refractivity contribution in [3.63, 3.8) is 0 Å². The maximum atomic E-state index is 13.1. The lowest BCUT2D eigenvalue weighted by atomic mass is 10.0. The average molecular weight is 193 g/mol. The molecule has 1 heterocycles. The summed E-state index contributed by atoms with van der Waals surface area (Å²) in [6.07, 6.45) is 10.8. The van der Waals surface area contributed by atoms with E-state index in [0.717, 1.165) is 18.5 Å². The maximum Gasteiger partial charge on any atom is 0.138 e. The second-order valence-corrected chi connectivity index (χ2v) is 3.39. The van der Waals surface area contributed by atoms with Crippen LogP contribution in [-0.2, 0) is 0 Å². The minimum Gasteiger partial charge on any atom is -0.259 e. The van der Waals surface area contributed by atoms with E-state index in [4.69, 9.17) is 0 Å². The van der Waals surface area contributed by atoms with Gasteiger partial charge in [-0.3, -0.25) is 4.99 Å². The van der Waals surface area contributed by atoms with Crippen molar-refractivity contribution < 1.29 is 4.39 Å². The molecular weight excluding hydrogens is 177 g/mol.